The average molecular weight is 199 g/mol. The molecule has 0 aromatic heterocycles. The first-order chi connectivity index (χ1) is 7.10. The van der Waals surface area contributed by atoms with E-state index in [1.165, 1.54) is 5.56 Å². The molecular formula is C14H17N. The molecule has 0 radical (unpaired) electrons. The van der Waals surface area contributed by atoms with Crippen LogP contribution in [-0.2, 0) is 0 Å². The Balaban J connectivity index is 3.33. The molecule has 0 bridgehead atoms. The van der Waals surface area contributed by atoms with E-state index in [1.807, 2.05) is 25.1 Å². The van der Waals surface area contributed by atoms with Crippen molar-refractivity contribution in [2.45, 2.75) is 13.8 Å². The Morgan fingerprint density at radius 2 is 2.07 bits per heavy atom. The van der Waals surface area contributed by atoms with Crippen molar-refractivity contribution in [3.8, 4) is 0 Å². The predicted octanol–water partition coefficient (Wildman–Crippen LogP) is 3.51. The van der Waals surface area contributed by atoms with Crippen LogP contribution in [0.4, 0.5) is 0 Å². The van der Waals surface area contributed by atoms with Crippen LogP contribution in [0, 0.1) is 6.92 Å². The normalized spacial score (nSPS) is 11.2. The smallest absolute Gasteiger partial charge is 0.0314 e. The van der Waals surface area contributed by atoms with Gasteiger partial charge < -0.3 is 5.73 Å². The van der Waals surface area contributed by atoms with Crippen molar-refractivity contribution < 1.29 is 0 Å². The maximum Gasteiger partial charge on any atom is 0.0314 e. The number of hydrogen-bond acceptors (Lipinski definition) is 1. The molecule has 0 saturated heterocycles. The summed E-state index contributed by atoms with van der Waals surface area (Å²) in [4.78, 5) is 0. The van der Waals surface area contributed by atoms with Crippen LogP contribution in [0.1, 0.15) is 23.6 Å². The molecule has 15 heavy (non-hydrogen) atoms. The molecule has 0 unspecified atom stereocenters. The van der Waals surface area contributed by atoms with Crippen molar-refractivity contribution in [1.29, 1.82) is 0 Å². The third-order valence-electron chi connectivity index (χ3n) is 2.45. The van der Waals surface area contributed by atoms with Crippen molar-refractivity contribution in [2.75, 3.05) is 0 Å². The van der Waals surface area contributed by atoms with Crippen molar-refractivity contribution in [3.63, 3.8) is 0 Å². The second-order valence-electron chi connectivity index (χ2n) is 3.50. The zero-order valence-electron chi connectivity index (χ0n) is 9.38. The Kier molecular flexibility index (Phi) is 3.51. The topological polar surface area (TPSA) is 26.0 Å². The van der Waals surface area contributed by atoms with Crippen LogP contribution in [0.15, 0.2) is 43.5 Å². The Hall–Kier alpha value is -1.76. The van der Waals surface area contributed by atoms with Gasteiger partial charge >= 0.3 is 0 Å². The molecule has 0 spiro atoms. The van der Waals surface area contributed by atoms with Gasteiger partial charge in [-0.3, -0.25) is 0 Å². The molecule has 78 valence electrons. The molecule has 0 heterocycles. The van der Waals surface area contributed by atoms with Gasteiger partial charge in [0.05, 0.1) is 0 Å². The van der Waals surface area contributed by atoms with Gasteiger partial charge in [0.25, 0.3) is 0 Å². The molecule has 0 fully saturated rings. The van der Waals surface area contributed by atoms with Gasteiger partial charge in [-0.1, -0.05) is 37.4 Å². The summed E-state index contributed by atoms with van der Waals surface area (Å²) in [6.07, 6.45) is 3.89. The lowest BCUT2D eigenvalue weighted by Crippen LogP contribution is -1.96. The fraction of sp³-hybridized carbons (Fsp3) is 0.143. The number of nitrogens with two attached hydrogens (primary N) is 1. The molecule has 0 aliphatic rings. The van der Waals surface area contributed by atoms with Crippen LogP contribution in [0.25, 0.3) is 11.3 Å². The molecule has 0 atom stereocenters. The lowest BCUT2D eigenvalue weighted by molar-refractivity contribution is 1.39. The Labute approximate surface area is 91.6 Å². The van der Waals surface area contributed by atoms with E-state index >= 15 is 0 Å². The largest absolute Gasteiger partial charge is 0.399 e. The van der Waals surface area contributed by atoms with Gasteiger partial charge in [-0.05, 0) is 42.2 Å². The average Bonchev–Trinajstić information content (AvgIpc) is 2.22. The summed E-state index contributed by atoms with van der Waals surface area (Å²) in [6, 6.07) is 6.09. The monoisotopic (exact) mass is 199 g/mol. The minimum Gasteiger partial charge on any atom is -0.399 e. The summed E-state index contributed by atoms with van der Waals surface area (Å²) in [5.41, 5.74) is 10.7. The second kappa shape index (κ2) is 4.65. The van der Waals surface area contributed by atoms with E-state index in [-0.39, 0.29) is 0 Å². The Morgan fingerprint density at radius 3 is 2.53 bits per heavy atom. The van der Waals surface area contributed by atoms with E-state index in [2.05, 4.69) is 32.2 Å². The van der Waals surface area contributed by atoms with E-state index in [9.17, 15) is 0 Å². The summed E-state index contributed by atoms with van der Waals surface area (Å²) in [5, 5.41) is 0. The van der Waals surface area contributed by atoms with Gasteiger partial charge in [0.2, 0.25) is 0 Å². The van der Waals surface area contributed by atoms with Crippen molar-refractivity contribution >= 4 is 11.3 Å². The van der Waals surface area contributed by atoms with E-state index in [1.54, 1.807) is 0 Å². The van der Waals surface area contributed by atoms with Gasteiger partial charge in [0.1, 0.15) is 0 Å². The first-order valence-corrected chi connectivity index (χ1v) is 4.94. The summed E-state index contributed by atoms with van der Waals surface area (Å²) < 4.78 is 0. The number of rotatable bonds is 3. The molecule has 0 amide bonds. The van der Waals surface area contributed by atoms with E-state index in [0.717, 1.165) is 16.7 Å². The number of allylic oxidation sites excluding steroid dienone is 3. The Bertz CT molecular complexity index is 425. The summed E-state index contributed by atoms with van der Waals surface area (Å²) in [6.45, 7) is 11.6. The van der Waals surface area contributed by atoms with Gasteiger partial charge in [0.15, 0.2) is 0 Å². The molecule has 0 aliphatic heterocycles. The summed E-state index contributed by atoms with van der Waals surface area (Å²) >= 11 is 0. The highest BCUT2D eigenvalue weighted by molar-refractivity contribution is 5.77. The number of aryl methyl sites for hydroxylation is 1. The van der Waals surface area contributed by atoms with Crippen LogP contribution >= 0.6 is 0 Å². The van der Waals surface area contributed by atoms with Crippen LogP contribution in [-0.4, -0.2) is 0 Å². The molecule has 1 aromatic carbocycles. The molecule has 1 aromatic rings. The van der Waals surface area contributed by atoms with E-state index < -0.39 is 0 Å². The van der Waals surface area contributed by atoms with E-state index in [4.69, 9.17) is 5.73 Å². The van der Waals surface area contributed by atoms with Gasteiger partial charge in [0, 0.05) is 5.70 Å². The van der Waals surface area contributed by atoms with E-state index in [0.29, 0.717) is 5.70 Å². The quantitative estimate of drug-likeness (QED) is 0.741. The lowest BCUT2D eigenvalue weighted by atomic mass is 9.97. The third-order valence-corrected chi connectivity index (χ3v) is 2.45. The SMILES string of the molecule is C=C/C(=C\C)c1cc(C(=C)N)ccc1C. The highest BCUT2D eigenvalue weighted by atomic mass is 14.6. The fourth-order valence-electron chi connectivity index (χ4n) is 1.52. The number of benzene rings is 1. The second-order valence-corrected chi connectivity index (χ2v) is 3.50. The first kappa shape index (κ1) is 11.3. The van der Waals surface area contributed by atoms with Crippen LogP contribution < -0.4 is 5.73 Å². The van der Waals surface area contributed by atoms with Crippen molar-refractivity contribution in [1.82, 2.24) is 0 Å². The van der Waals surface area contributed by atoms with Gasteiger partial charge in [-0.15, -0.1) is 0 Å². The van der Waals surface area contributed by atoms with Gasteiger partial charge in [-0.2, -0.15) is 0 Å². The predicted molar refractivity (Wildman–Crippen MR) is 68.2 cm³/mol. The summed E-state index contributed by atoms with van der Waals surface area (Å²) in [5.74, 6) is 0. The minimum atomic E-state index is 0.593. The van der Waals surface area contributed by atoms with Crippen molar-refractivity contribution in [3.05, 3.63) is 60.2 Å². The molecular weight excluding hydrogens is 182 g/mol. The Morgan fingerprint density at radius 1 is 1.40 bits per heavy atom. The highest BCUT2D eigenvalue weighted by Crippen LogP contribution is 2.22. The zero-order valence-corrected chi connectivity index (χ0v) is 9.38. The molecule has 1 nitrogen and oxygen atoms in total. The highest BCUT2D eigenvalue weighted by Gasteiger charge is 2.03. The van der Waals surface area contributed by atoms with Crippen LogP contribution in [0.3, 0.4) is 0 Å². The van der Waals surface area contributed by atoms with Crippen LogP contribution in [0.5, 0.6) is 0 Å². The lowest BCUT2D eigenvalue weighted by Gasteiger charge is -2.09. The van der Waals surface area contributed by atoms with Gasteiger partial charge in [-0.25, -0.2) is 0 Å². The maximum atomic E-state index is 5.68. The molecule has 2 N–H and O–H groups in total. The molecule has 1 rings (SSSR count). The third kappa shape index (κ3) is 2.38. The zero-order chi connectivity index (χ0) is 11.4. The molecule has 0 saturated carbocycles. The number of hydrogen-bond donors (Lipinski definition) is 1. The molecule has 0 aliphatic carbocycles. The minimum absolute atomic E-state index is 0.593. The van der Waals surface area contributed by atoms with Crippen LogP contribution in [0.2, 0.25) is 0 Å². The summed E-state index contributed by atoms with van der Waals surface area (Å²) in [7, 11) is 0. The van der Waals surface area contributed by atoms with Crippen molar-refractivity contribution in [2.24, 2.45) is 5.73 Å². The molecule has 1 heteroatoms. The first-order valence-electron chi connectivity index (χ1n) is 4.94. The maximum absolute atomic E-state index is 5.68. The standard InChI is InChI=1S/C14H17N/c1-5-12(6-2)14-9-13(11(4)15)8-7-10(14)3/h5-9H,1,4,15H2,2-3H3/b12-6+. The fourth-order valence-corrected chi connectivity index (χ4v) is 1.52.